The second kappa shape index (κ2) is 6.96. The molecule has 0 saturated heterocycles. The lowest BCUT2D eigenvalue weighted by atomic mass is 10.2. The van der Waals surface area contributed by atoms with Crippen LogP contribution in [0.15, 0.2) is 54.6 Å². The molecule has 2 aromatic carbocycles. The monoisotopic (exact) mass is 345 g/mol. The summed E-state index contributed by atoms with van der Waals surface area (Å²) in [6, 6.07) is 17.8. The molecule has 0 saturated carbocycles. The molecule has 26 heavy (non-hydrogen) atoms. The number of fused-ring (bicyclic) bond motifs is 2. The van der Waals surface area contributed by atoms with Crippen molar-refractivity contribution in [1.29, 1.82) is 0 Å². The molecule has 0 atom stereocenters. The smallest absolute Gasteiger partial charge is 0.236 e. The molecule has 0 fully saturated rings. The Morgan fingerprint density at radius 3 is 2.54 bits per heavy atom. The highest BCUT2D eigenvalue weighted by molar-refractivity contribution is 5.81. The lowest BCUT2D eigenvalue weighted by Crippen LogP contribution is -2.04. The van der Waals surface area contributed by atoms with Gasteiger partial charge in [-0.15, -0.1) is 0 Å². The Bertz CT molecular complexity index is 1080. The predicted molar refractivity (Wildman–Crippen MR) is 102 cm³/mol. The van der Waals surface area contributed by atoms with Crippen LogP contribution in [0.2, 0.25) is 0 Å². The molecule has 2 heterocycles. The van der Waals surface area contributed by atoms with Crippen molar-refractivity contribution >= 4 is 21.9 Å². The van der Waals surface area contributed by atoms with Gasteiger partial charge in [0.1, 0.15) is 23.6 Å². The summed E-state index contributed by atoms with van der Waals surface area (Å²) in [7, 11) is 0. The van der Waals surface area contributed by atoms with E-state index in [4.69, 9.17) is 9.47 Å². The molecule has 0 amide bonds. The molecule has 0 N–H and O–H groups in total. The lowest BCUT2D eigenvalue weighted by molar-refractivity contribution is 0.286. The fourth-order valence-electron chi connectivity index (χ4n) is 2.86. The zero-order valence-corrected chi connectivity index (χ0v) is 14.8. The standard InChI is InChI=1S/C21H19N3O2/c1-3-25-19-10-6-9-18-20(19)24-21(14(2)22-18)26-13-16-12-11-15-7-4-5-8-17(15)23-16/h4-12H,3,13H2,1-2H3. The van der Waals surface area contributed by atoms with Crippen molar-refractivity contribution in [2.24, 2.45) is 0 Å². The summed E-state index contributed by atoms with van der Waals surface area (Å²) in [5, 5.41) is 1.11. The molecule has 4 aromatic rings. The van der Waals surface area contributed by atoms with Gasteiger partial charge in [0.2, 0.25) is 5.88 Å². The number of benzene rings is 2. The number of aromatic nitrogens is 3. The number of rotatable bonds is 5. The SMILES string of the molecule is CCOc1cccc2nc(C)c(OCc3ccc4ccccc4n3)nc12. The van der Waals surface area contributed by atoms with Crippen LogP contribution < -0.4 is 9.47 Å². The Morgan fingerprint density at radius 1 is 0.808 bits per heavy atom. The molecule has 0 bridgehead atoms. The van der Waals surface area contributed by atoms with E-state index < -0.39 is 0 Å². The summed E-state index contributed by atoms with van der Waals surface area (Å²) in [4.78, 5) is 13.9. The minimum atomic E-state index is 0.336. The van der Waals surface area contributed by atoms with E-state index in [0.29, 0.717) is 30.4 Å². The van der Waals surface area contributed by atoms with E-state index in [2.05, 4.69) is 15.0 Å². The highest BCUT2D eigenvalue weighted by Crippen LogP contribution is 2.26. The molecule has 130 valence electrons. The van der Waals surface area contributed by atoms with Crippen molar-refractivity contribution < 1.29 is 9.47 Å². The van der Waals surface area contributed by atoms with Crippen LogP contribution in [0.25, 0.3) is 21.9 Å². The van der Waals surface area contributed by atoms with Crippen LogP contribution in [0.4, 0.5) is 0 Å². The van der Waals surface area contributed by atoms with Gasteiger partial charge in [0.25, 0.3) is 0 Å². The first-order valence-electron chi connectivity index (χ1n) is 8.62. The number of hydrogen-bond donors (Lipinski definition) is 0. The van der Waals surface area contributed by atoms with Crippen molar-refractivity contribution in [3.8, 4) is 11.6 Å². The fourth-order valence-corrected chi connectivity index (χ4v) is 2.86. The fraction of sp³-hybridized carbons (Fsp3) is 0.190. The average molecular weight is 345 g/mol. The van der Waals surface area contributed by atoms with E-state index in [1.165, 1.54) is 0 Å². The number of ether oxygens (including phenoxy) is 2. The van der Waals surface area contributed by atoms with Gasteiger partial charge in [-0.3, -0.25) is 0 Å². The van der Waals surface area contributed by atoms with Crippen LogP contribution in [0.5, 0.6) is 11.6 Å². The van der Waals surface area contributed by atoms with Crippen LogP contribution in [-0.4, -0.2) is 21.6 Å². The normalized spacial score (nSPS) is 11.0. The van der Waals surface area contributed by atoms with Crippen LogP contribution >= 0.6 is 0 Å². The molecule has 0 aliphatic carbocycles. The second-order valence-electron chi connectivity index (χ2n) is 5.96. The highest BCUT2D eigenvalue weighted by Gasteiger charge is 2.11. The lowest BCUT2D eigenvalue weighted by Gasteiger charge is -2.11. The van der Waals surface area contributed by atoms with Gasteiger partial charge >= 0.3 is 0 Å². The first-order valence-corrected chi connectivity index (χ1v) is 8.62. The Morgan fingerprint density at radius 2 is 1.65 bits per heavy atom. The Balaban J connectivity index is 1.63. The van der Waals surface area contributed by atoms with Crippen LogP contribution in [-0.2, 0) is 6.61 Å². The van der Waals surface area contributed by atoms with E-state index in [1.54, 1.807) is 0 Å². The Hall–Kier alpha value is -3.21. The van der Waals surface area contributed by atoms with E-state index in [9.17, 15) is 0 Å². The number of aryl methyl sites for hydroxylation is 1. The van der Waals surface area contributed by atoms with Crippen molar-refractivity contribution in [3.05, 3.63) is 66.0 Å². The quantitative estimate of drug-likeness (QED) is 0.534. The topological polar surface area (TPSA) is 57.1 Å². The number of nitrogens with zero attached hydrogens (tertiary/aromatic N) is 3. The average Bonchev–Trinajstić information content (AvgIpc) is 2.67. The molecular formula is C21H19N3O2. The van der Waals surface area contributed by atoms with Crippen molar-refractivity contribution in [2.75, 3.05) is 6.61 Å². The maximum absolute atomic E-state index is 5.92. The van der Waals surface area contributed by atoms with Gasteiger partial charge in [-0.05, 0) is 38.1 Å². The van der Waals surface area contributed by atoms with Gasteiger partial charge in [-0.1, -0.05) is 30.3 Å². The molecule has 5 nitrogen and oxygen atoms in total. The van der Waals surface area contributed by atoms with Crippen LogP contribution in [0.1, 0.15) is 18.3 Å². The molecule has 5 heteroatoms. The maximum Gasteiger partial charge on any atom is 0.236 e. The second-order valence-corrected chi connectivity index (χ2v) is 5.96. The predicted octanol–water partition coefficient (Wildman–Crippen LogP) is 4.46. The van der Waals surface area contributed by atoms with Crippen LogP contribution in [0, 0.1) is 6.92 Å². The summed E-state index contributed by atoms with van der Waals surface area (Å²) in [6.45, 7) is 4.75. The maximum atomic E-state index is 5.92. The van der Waals surface area contributed by atoms with E-state index >= 15 is 0 Å². The first-order chi connectivity index (χ1) is 12.7. The van der Waals surface area contributed by atoms with Gasteiger partial charge in [-0.2, -0.15) is 0 Å². The van der Waals surface area contributed by atoms with Gasteiger partial charge in [0.15, 0.2) is 0 Å². The molecule has 0 spiro atoms. The number of hydrogen-bond acceptors (Lipinski definition) is 5. The van der Waals surface area contributed by atoms with E-state index in [1.807, 2.05) is 68.4 Å². The first kappa shape index (κ1) is 16.3. The molecular weight excluding hydrogens is 326 g/mol. The third-order valence-corrected chi connectivity index (χ3v) is 4.10. The third kappa shape index (κ3) is 3.16. The van der Waals surface area contributed by atoms with Crippen molar-refractivity contribution in [2.45, 2.75) is 20.5 Å². The Kier molecular flexibility index (Phi) is 4.35. The van der Waals surface area contributed by atoms with E-state index in [-0.39, 0.29) is 0 Å². The molecule has 0 radical (unpaired) electrons. The largest absolute Gasteiger partial charge is 0.492 e. The third-order valence-electron chi connectivity index (χ3n) is 4.10. The van der Waals surface area contributed by atoms with Gasteiger partial charge < -0.3 is 9.47 Å². The molecule has 0 aliphatic rings. The van der Waals surface area contributed by atoms with E-state index in [0.717, 1.165) is 27.8 Å². The molecule has 0 aliphatic heterocycles. The van der Waals surface area contributed by atoms with Crippen molar-refractivity contribution in [1.82, 2.24) is 15.0 Å². The minimum absolute atomic E-state index is 0.336. The Labute approximate surface area is 151 Å². The summed E-state index contributed by atoms with van der Waals surface area (Å²) in [5.41, 5.74) is 4.05. The number of para-hydroxylation sites is 2. The molecule has 0 unspecified atom stereocenters. The highest BCUT2D eigenvalue weighted by atomic mass is 16.5. The zero-order valence-electron chi connectivity index (χ0n) is 14.8. The summed E-state index contributed by atoms with van der Waals surface area (Å²) >= 11 is 0. The zero-order chi connectivity index (χ0) is 17.9. The van der Waals surface area contributed by atoms with Gasteiger partial charge in [0.05, 0.1) is 23.3 Å². The van der Waals surface area contributed by atoms with Gasteiger partial charge in [-0.25, -0.2) is 15.0 Å². The minimum Gasteiger partial charge on any atom is -0.492 e. The summed E-state index contributed by atoms with van der Waals surface area (Å²) in [5.74, 6) is 1.21. The summed E-state index contributed by atoms with van der Waals surface area (Å²) < 4.78 is 11.6. The number of pyridine rings is 1. The molecule has 4 rings (SSSR count). The van der Waals surface area contributed by atoms with Crippen LogP contribution in [0.3, 0.4) is 0 Å². The molecule has 2 aromatic heterocycles. The van der Waals surface area contributed by atoms with Gasteiger partial charge in [0, 0.05) is 5.39 Å². The van der Waals surface area contributed by atoms with Crippen molar-refractivity contribution in [3.63, 3.8) is 0 Å². The summed E-state index contributed by atoms with van der Waals surface area (Å²) in [6.07, 6.45) is 0.